The molecule has 0 aliphatic carbocycles. The van der Waals surface area contributed by atoms with Crippen LogP contribution in [0.1, 0.15) is 18.4 Å². The van der Waals surface area contributed by atoms with Crippen molar-refractivity contribution in [1.29, 1.82) is 0 Å². The molecule has 1 aromatic carbocycles. The topological polar surface area (TPSA) is 85.4 Å². The lowest BCUT2D eigenvalue weighted by molar-refractivity contribution is -0.114. The third-order valence-electron chi connectivity index (χ3n) is 4.15. The molecule has 2 aromatic rings. The van der Waals surface area contributed by atoms with Gasteiger partial charge in [0.25, 0.3) is 5.91 Å². The number of para-hydroxylation sites is 1. The van der Waals surface area contributed by atoms with Crippen LogP contribution in [0.4, 0.5) is 0 Å². The number of hydrogen-bond acceptors (Lipinski definition) is 5. The molecular weight excluding hydrogens is 340 g/mol. The molecule has 3 rings (SSSR count). The van der Waals surface area contributed by atoms with E-state index in [1.54, 1.807) is 18.3 Å². The second-order valence-corrected chi connectivity index (χ2v) is 7.82. The van der Waals surface area contributed by atoms with Gasteiger partial charge in [-0.25, -0.2) is 13.1 Å². The van der Waals surface area contributed by atoms with Crippen LogP contribution < -0.4 is 4.72 Å². The standard InChI is InChI=1S/C18H20N2O4S/c21-18(20-25(22,23)13-14-8-11-24-12-9-14)6-5-15-7-10-19-17-4-2-1-3-16(15)17/h1-7,10,14H,8-9,11-13H2,(H,20,21)/b6-5+. The highest BCUT2D eigenvalue weighted by molar-refractivity contribution is 7.90. The van der Waals surface area contributed by atoms with Crippen molar-refractivity contribution < 1.29 is 17.9 Å². The third-order valence-corrected chi connectivity index (χ3v) is 5.57. The normalized spacial score (nSPS) is 16.3. The first-order valence-corrected chi connectivity index (χ1v) is 9.83. The lowest BCUT2D eigenvalue weighted by Crippen LogP contribution is -2.35. The van der Waals surface area contributed by atoms with Gasteiger partial charge in [-0.3, -0.25) is 9.78 Å². The SMILES string of the molecule is O=C(/C=C/c1ccnc2ccccc12)NS(=O)(=O)CC1CCOCC1. The monoisotopic (exact) mass is 360 g/mol. The molecule has 6 nitrogen and oxygen atoms in total. The zero-order valence-electron chi connectivity index (χ0n) is 13.7. The van der Waals surface area contributed by atoms with Crippen LogP contribution in [-0.2, 0) is 19.6 Å². The number of ether oxygens (including phenoxy) is 1. The minimum Gasteiger partial charge on any atom is -0.381 e. The van der Waals surface area contributed by atoms with E-state index in [9.17, 15) is 13.2 Å². The van der Waals surface area contributed by atoms with Crippen LogP contribution >= 0.6 is 0 Å². The highest BCUT2D eigenvalue weighted by atomic mass is 32.2. The Morgan fingerprint density at radius 2 is 2.00 bits per heavy atom. The van der Waals surface area contributed by atoms with Crippen molar-refractivity contribution in [3.63, 3.8) is 0 Å². The van der Waals surface area contributed by atoms with E-state index in [1.165, 1.54) is 6.08 Å². The number of benzene rings is 1. The molecule has 2 heterocycles. The fraction of sp³-hybridized carbons (Fsp3) is 0.333. The van der Waals surface area contributed by atoms with Crippen molar-refractivity contribution in [3.05, 3.63) is 48.2 Å². The van der Waals surface area contributed by atoms with Crippen LogP contribution in [0.2, 0.25) is 0 Å². The summed E-state index contributed by atoms with van der Waals surface area (Å²) < 4.78 is 31.6. The molecule has 0 bridgehead atoms. The summed E-state index contributed by atoms with van der Waals surface area (Å²) in [6.07, 6.45) is 5.90. The van der Waals surface area contributed by atoms with Gasteiger partial charge in [0.05, 0.1) is 11.3 Å². The Bertz CT molecular complexity index is 882. The summed E-state index contributed by atoms with van der Waals surface area (Å²) in [7, 11) is -3.65. The molecular formula is C18H20N2O4S. The van der Waals surface area contributed by atoms with Crippen LogP contribution in [0.5, 0.6) is 0 Å². The summed E-state index contributed by atoms with van der Waals surface area (Å²) >= 11 is 0. The molecule has 0 saturated carbocycles. The minimum atomic E-state index is -3.65. The zero-order valence-corrected chi connectivity index (χ0v) is 14.5. The lowest BCUT2D eigenvalue weighted by Gasteiger charge is -2.21. The quantitative estimate of drug-likeness (QED) is 0.826. The summed E-state index contributed by atoms with van der Waals surface area (Å²) in [6.45, 7) is 1.15. The van der Waals surface area contributed by atoms with Crippen molar-refractivity contribution in [3.8, 4) is 0 Å². The molecule has 1 saturated heterocycles. The van der Waals surface area contributed by atoms with E-state index in [1.807, 2.05) is 24.3 Å². The number of rotatable bonds is 5. The smallest absolute Gasteiger partial charge is 0.257 e. The number of fused-ring (bicyclic) bond motifs is 1. The Labute approximate surface area is 147 Å². The largest absolute Gasteiger partial charge is 0.381 e. The maximum Gasteiger partial charge on any atom is 0.257 e. The first kappa shape index (κ1) is 17.6. The van der Waals surface area contributed by atoms with E-state index in [0.717, 1.165) is 16.5 Å². The highest BCUT2D eigenvalue weighted by Crippen LogP contribution is 2.18. The van der Waals surface area contributed by atoms with Crippen LogP contribution in [0.15, 0.2) is 42.6 Å². The molecule has 0 unspecified atom stereocenters. The van der Waals surface area contributed by atoms with Gasteiger partial charge in [0.2, 0.25) is 10.0 Å². The number of nitrogens with zero attached hydrogens (tertiary/aromatic N) is 1. The summed E-state index contributed by atoms with van der Waals surface area (Å²) in [4.78, 5) is 16.2. The average Bonchev–Trinajstić information content (AvgIpc) is 2.60. The molecule has 1 aromatic heterocycles. The van der Waals surface area contributed by atoms with Crippen molar-refractivity contribution in [2.45, 2.75) is 12.8 Å². The molecule has 1 amide bonds. The molecule has 132 valence electrons. The van der Waals surface area contributed by atoms with Crippen molar-refractivity contribution in [1.82, 2.24) is 9.71 Å². The molecule has 1 aliphatic heterocycles. The number of nitrogens with one attached hydrogen (secondary N) is 1. The van der Waals surface area contributed by atoms with E-state index in [2.05, 4.69) is 9.71 Å². The van der Waals surface area contributed by atoms with Crippen molar-refractivity contribution in [2.75, 3.05) is 19.0 Å². The highest BCUT2D eigenvalue weighted by Gasteiger charge is 2.22. The Balaban J connectivity index is 1.65. The Morgan fingerprint density at radius 1 is 1.24 bits per heavy atom. The Kier molecular flexibility index (Phi) is 5.45. The van der Waals surface area contributed by atoms with Gasteiger partial charge in [0.1, 0.15) is 0 Å². The van der Waals surface area contributed by atoms with Gasteiger partial charge >= 0.3 is 0 Å². The fourth-order valence-electron chi connectivity index (χ4n) is 2.88. The van der Waals surface area contributed by atoms with Crippen LogP contribution in [0, 0.1) is 5.92 Å². The number of sulfonamides is 1. The fourth-order valence-corrected chi connectivity index (χ4v) is 4.29. The second kappa shape index (κ2) is 7.76. The summed E-state index contributed by atoms with van der Waals surface area (Å²) in [5.41, 5.74) is 1.62. The third kappa shape index (κ3) is 4.87. The summed E-state index contributed by atoms with van der Waals surface area (Å²) in [6, 6.07) is 9.34. The van der Waals surface area contributed by atoms with E-state index in [4.69, 9.17) is 4.74 Å². The first-order chi connectivity index (χ1) is 12.0. The van der Waals surface area contributed by atoms with Gasteiger partial charge in [0, 0.05) is 30.9 Å². The van der Waals surface area contributed by atoms with Crippen LogP contribution in [0.3, 0.4) is 0 Å². The molecule has 1 aliphatic rings. The number of carbonyl (C=O) groups is 1. The van der Waals surface area contributed by atoms with E-state index in [0.29, 0.717) is 26.1 Å². The average molecular weight is 360 g/mol. The Morgan fingerprint density at radius 3 is 2.80 bits per heavy atom. The zero-order chi connectivity index (χ0) is 17.7. The van der Waals surface area contributed by atoms with Gasteiger partial charge < -0.3 is 4.74 Å². The predicted molar refractivity (Wildman–Crippen MR) is 96.2 cm³/mol. The lowest BCUT2D eigenvalue weighted by atomic mass is 10.0. The molecule has 7 heteroatoms. The minimum absolute atomic E-state index is 0.0344. The van der Waals surface area contributed by atoms with Gasteiger partial charge in [-0.1, -0.05) is 18.2 Å². The number of pyridine rings is 1. The van der Waals surface area contributed by atoms with Crippen LogP contribution in [0.25, 0.3) is 17.0 Å². The van der Waals surface area contributed by atoms with E-state index < -0.39 is 15.9 Å². The van der Waals surface area contributed by atoms with E-state index in [-0.39, 0.29) is 11.7 Å². The van der Waals surface area contributed by atoms with E-state index >= 15 is 0 Å². The maximum absolute atomic E-state index is 12.1. The Hall–Kier alpha value is -2.25. The molecule has 0 atom stereocenters. The summed E-state index contributed by atoms with van der Waals surface area (Å²) in [5.74, 6) is -0.658. The van der Waals surface area contributed by atoms with Gasteiger partial charge in [-0.15, -0.1) is 0 Å². The summed E-state index contributed by atoms with van der Waals surface area (Å²) in [5, 5.41) is 0.902. The molecule has 25 heavy (non-hydrogen) atoms. The van der Waals surface area contributed by atoms with Crippen LogP contribution in [-0.4, -0.2) is 38.3 Å². The number of amides is 1. The van der Waals surface area contributed by atoms with Gasteiger partial charge in [0.15, 0.2) is 0 Å². The second-order valence-electron chi connectivity index (χ2n) is 6.05. The predicted octanol–water partition coefficient (Wildman–Crippen LogP) is 2.12. The van der Waals surface area contributed by atoms with Gasteiger partial charge in [-0.2, -0.15) is 0 Å². The number of carbonyl (C=O) groups excluding carboxylic acids is 1. The molecule has 1 N–H and O–H groups in total. The first-order valence-electron chi connectivity index (χ1n) is 8.17. The van der Waals surface area contributed by atoms with Crippen molar-refractivity contribution in [2.24, 2.45) is 5.92 Å². The molecule has 1 fully saturated rings. The maximum atomic E-state index is 12.1. The molecule has 0 radical (unpaired) electrons. The molecule has 0 spiro atoms. The van der Waals surface area contributed by atoms with Gasteiger partial charge in [-0.05, 0) is 42.5 Å². The number of hydrogen-bond donors (Lipinski definition) is 1. The van der Waals surface area contributed by atoms with Crippen molar-refractivity contribution >= 4 is 32.9 Å². The number of aromatic nitrogens is 1.